The second kappa shape index (κ2) is 3.66. The highest BCUT2D eigenvalue weighted by atomic mass is 16.5. The van der Waals surface area contributed by atoms with E-state index in [1.165, 1.54) is 7.11 Å². The van der Waals surface area contributed by atoms with Crippen molar-refractivity contribution in [3.05, 3.63) is 0 Å². The Bertz CT molecular complexity index is 203. The predicted octanol–water partition coefficient (Wildman–Crippen LogP) is 1.31. The summed E-state index contributed by atoms with van der Waals surface area (Å²) in [6.45, 7) is 4.30. The van der Waals surface area contributed by atoms with Gasteiger partial charge in [-0.1, -0.05) is 13.8 Å². The maximum atomic E-state index is 11.4. The van der Waals surface area contributed by atoms with Gasteiger partial charge in [0.05, 0.1) is 7.11 Å². The predicted molar refractivity (Wildman–Crippen MR) is 51.1 cm³/mol. The van der Waals surface area contributed by atoms with Crippen LogP contribution in [0.25, 0.3) is 0 Å². The Morgan fingerprint density at radius 1 is 1.69 bits per heavy atom. The fourth-order valence-electron chi connectivity index (χ4n) is 2.02. The van der Waals surface area contributed by atoms with Crippen LogP contribution in [-0.2, 0) is 9.53 Å². The van der Waals surface area contributed by atoms with Gasteiger partial charge in [0.2, 0.25) is 0 Å². The highest BCUT2D eigenvalue weighted by Gasteiger charge is 2.50. The van der Waals surface area contributed by atoms with E-state index in [2.05, 4.69) is 13.8 Å². The van der Waals surface area contributed by atoms with E-state index in [1.807, 2.05) is 0 Å². The van der Waals surface area contributed by atoms with Crippen LogP contribution in [0, 0.1) is 11.8 Å². The van der Waals surface area contributed by atoms with Crippen molar-refractivity contribution in [3.63, 3.8) is 0 Å². The number of esters is 1. The molecule has 2 unspecified atom stereocenters. The number of ether oxygens (including phenoxy) is 1. The van der Waals surface area contributed by atoms with Gasteiger partial charge in [-0.05, 0) is 31.1 Å². The molecule has 3 heteroatoms. The molecule has 0 heterocycles. The average Bonchev–Trinajstić information content (AvgIpc) is 2.09. The average molecular weight is 185 g/mol. The molecule has 0 spiro atoms. The van der Waals surface area contributed by atoms with E-state index >= 15 is 0 Å². The molecule has 2 N–H and O–H groups in total. The molecule has 1 saturated carbocycles. The molecule has 1 aliphatic rings. The Hall–Kier alpha value is -0.570. The number of hydrogen-bond donors (Lipinski definition) is 1. The molecule has 1 rings (SSSR count). The van der Waals surface area contributed by atoms with Crippen molar-refractivity contribution in [2.24, 2.45) is 17.6 Å². The maximum Gasteiger partial charge on any atom is 0.326 e. The molecule has 0 aromatic heterocycles. The lowest BCUT2D eigenvalue weighted by atomic mass is 9.64. The van der Waals surface area contributed by atoms with Crippen molar-refractivity contribution in [1.29, 1.82) is 0 Å². The standard InChI is InChI=1S/C10H19NO2/c1-7(2)6-8-4-5-10(8,11)9(12)13-3/h7-8H,4-6,11H2,1-3H3. The molecule has 1 aliphatic carbocycles. The van der Waals surface area contributed by atoms with Gasteiger partial charge in [0, 0.05) is 0 Å². The third-order valence-electron chi connectivity index (χ3n) is 2.96. The van der Waals surface area contributed by atoms with Gasteiger partial charge in [-0.15, -0.1) is 0 Å². The third kappa shape index (κ3) is 1.85. The topological polar surface area (TPSA) is 52.3 Å². The summed E-state index contributed by atoms with van der Waals surface area (Å²) in [5, 5.41) is 0. The normalized spacial score (nSPS) is 32.8. The molecule has 2 atom stereocenters. The first kappa shape index (κ1) is 10.5. The van der Waals surface area contributed by atoms with Crippen molar-refractivity contribution in [1.82, 2.24) is 0 Å². The third-order valence-corrected chi connectivity index (χ3v) is 2.96. The Balaban J connectivity index is 2.55. The molecule has 0 bridgehead atoms. The lowest BCUT2D eigenvalue weighted by Crippen LogP contribution is -2.61. The molecule has 0 saturated heterocycles. The Morgan fingerprint density at radius 3 is 2.62 bits per heavy atom. The molecule has 0 radical (unpaired) electrons. The highest BCUT2D eigenvalue weighted by molar-refractivity contribution is 5.82. The van der Waals surface area contributed by atoms with Gasteiger partial charge in [-0.3, -0.25) is 4.79 Å². The number of rotatable bonds is 3. The first-order valence-electron chi connectivity index (χ1n) is 4.88. The zero-order chi connectivity index (χ0) is 10.1. The molecule has 0 aliphatic heterocycles. The van der Waals surface area contributed by atoms with Crippen LogP contribution in [0.5, 0.6) is 0 Å². The van der Waals surface area contributed by atoms with Crippen LogP contribution in [0.1, 0.15) is 33.1 Å². The van der Waals surface area contributed by atoms with E-state index < -0.39 is 5.54 Å². The van der Waals surface area contributed by atoms with Crippen LogP contribution in [0.3, 0.4) is 0 Å². The van der Waals surface area contributed by atoms with Crippen molar-refractivity contribution in [2.45, 2.75) is 38.6 Å². The van der Waals surface area contributed by atoms with E-state index in [9.17, 15) is 4.79 Å². The first-order chi connectivity index (χ1) is 6.00. The molecule has 1 fully saturated rings. The smallest absolute Gasteiger partial charge is 0.326 e. The second-order valence-corrected chi connectivity index (χ2v) is 4.40. The monoisotopic (exact) mass is 185 g/mol. The molecular weight excluding hydrogens is 166 g/mol. The minimum Gasteiger partial charge on any atom is -0.468 e. The van der Waals surface area contributed by atoms with Gasteiger partial charge in [0.1, 0.15) is 5.54 Å². The summed E-state index contributed by atoms with van der Waals surface area (Å²) < 4.78 is 4.71. The lowest BCUT2D eigenvalue weighted by Gasteiger charge is -2.44. The highest BCUT2D eigenvalue weighted by Crippen LogP contribution is 2.41. The summed E-state index contributed by atoms with van der Waals surface area (Å²) in [7, 11) is 1.40. The number of hydrogen-bond acceptors (Lipinski definition) is 3. The lowest BCUT2D eigenvalue weighted by molar-refractivity contribution is -0.154. The minimum atomic E-state index is -0.682. The molecule has 13 heavy (non-hydrogen) atoms. The van der Waals surface area contributed by atoms with Crippen LogP contribution in [-0.4, -0.2) is 18.6 Å². The number of nitrogens with two attached hydrogens (primary N) is 1. The van der Waals surface area contributed by atoms with E-state index in [4.69, 9.17) is 10.5 Å². The van der Waals surface area contributed by atoms with Crippen molar-refractivity contribution < 1.29 is 9.53 Å². The molecule has 0 aromatic carbocycles. The zero-order valence-corrected chi connectivity index (χ0v) is 8.67. The summed E-state index contributed by atoms with van der Waals surface area (Å²) >= 11 is 0. The van der Waals surface area contributed by atoms with Crippen LogP contribution in [0.2, 0.25) is 0 Å². The summed E-state index contributed by atoms with van der Waals surface area (Å²) in [6, 6.07) is 0. The maximum absolute atomic E-state index is 11.4. The minimum absolute atomic E-state index is 0.246. The van der Waals surface area contributed by atoms with Crippen LogP contribution < -0.4 is 5.73 Å². The second-order valence-electron chi connectivity index (χ2n) is 4.40. The quantitative estimate of drug-likeness (QED) is 0.674. The summed E-state index contributed by atoms with van der Waals surface area (Å²) in [4.78, 5) is 11.4. The van der Waals surface area contributed by atoms with Gasteiger partial charge < -0.3 is 10.5 Å². The van der Waals surface area contributed by atoms with Gasteiger partial charge in [0.25, 0.3) is 0 Å². The molecule has 0 amide bonds. The Labute approximate surface area is 79.6 Å². The molecule has 76 valence electrons. The van der Waals surface area contributed by atoms with Gasteiger partial charge in [-0.2, -0.15) is 0 Å². The summed E-state index contributed by atoms with van der Waals surface area (Å²) in [5.41, 5.74) is 5.29. The molecule has 3 nitrogen and oxygen atoms in total. The zero-order valence-electron chi connectivity index (χ0n) is 8.67. The van der Waals surface area contributed by atoms with Crippen molar-refractivity contribution >= 4 is 5.97 Å². The SMILES string of the molecule is COC(=O)C1(N)CCC1CC(C)C. The van der Waals surface area contributed by atoms with E-state index in [0.29, 0.717) is 11.8 Å². The van der Waals surface area contributed by atoms with Gasteiger partial charge in [-0.25, -0.2) is 0 Å². The largest absolute Gasteiger partial charge is 0.468 e. The number of carbonyl (C=O) groups is 1. The molecule has 0 aromatic rings. The van der Waals surface area contributed by atoms with Crippen molar-refractivity contribution in [2.75, 3.05) is 7.11 Å². The van der Waals surface area contributed by atoms with Gasteiger partial charge >= 0.3 is 5.97 Å². The number of carbonyl (C=O) groups excluding carboxylic acids is 1. The first-order valence-corrected chi connectivity index (χ1v) is 4.88. The van der Waals surface area contributed by atoms with Crippen LogP contribution >= 0.6 is 0 Å². The summed E-state index contributed by atoms with van der Waals surface area (Å²) in [6.07, 6.45) is 2.85. The Kier molecular flexibility index (Phi) is 2.96. The van der Waals surface area contributed by atoms with E-state index in [0.717, 1.165) is 19.3 Å². The fraction of sp³-hybridized carbons (Fsp3) is 0.900. The van der Waals surface area contributed by atoms with E-state index in [1.54, 1.807) is 0 Å². The summed E-state index contributed by atoms with van der Waals surface area (Å²) in [5.74, 6) is 0.669. The van der Waals surface area contributed by atoms with Crippen LogP contribution in [0.4, 0.5) is 0 Å². The van der Waals surface area contributed by atoms with E-state index in [-0.39, 0.29) is 5.97 Å². The molecular formula is C10H19NO2. The fourth-order valence-corrected chi connectivity index (χ4v) is 2.02. The van der Waals surface area contributed by atoms with Crippen molar-refractivity contribution in [3.8, 4) is 0 Å². The Morgan fingerprint density at radius 2 is 2.31 bits per heavy atom. The van der Waals surface area contributed by atoms with Gasteiger partial charge in [0.15, 0.2) is 0 Å². The number of methoxy groups -OCH3 is 1. The van der Waals surface area contributed by atoms with Crippen LogP contribution in [0.15, 0.2) is 0 Å².